The molecule has 0 aromatic heterocycles. The zero-order chi connectivity index (χ0) is 21.3. The Bertz CT molecular complexity index is 814. The number of nitrogens with zero attached hydrogens (tertiary/aromatic N) is 2. The van der Waals surface area contributed by atoms with Gasteiger partial charge in [-0.25, -0.2) is 9.10 Å². The van der Waals surface area contributed by atoms with Crippen LogP contribution in [0, 0.1) is 0 Å². The Morgan fingerprint density at radius 1 is 1.17 bits per heavy atom. The molecule has 0 saturated carbocycles. The molecular formula is C22H29N3O3S2. The molecule has 1 atom stereocenters. The van der Waals surface area contributed by atoms with Crippen molar-refractivity contribution in [2.75, 3.05) is 33.8 Å². The van der Waals surface area contributed by atoms with Gasteiger partial charge in [-0.2, -0.15) is 11.8 Å². The van der Waals surface area contributed by atoms with Crippen molar-refractivity contribution in [2.24, 2.45) is 5.73 Å². The van der Waals surface area contributed by atoms with Gasteiger partial charge in [0.15, 0.2) is 0 Å². The monoisotopic (exact) mass is 447 g/mol. The van der Waals surface area contributed by atoms with Crippen LogP contribution < -0.4 is 24.4 Å². The van der Waals surface area contributed by atoms with Crippen molar-refractivity contribution in [3.05, 3.63) is 48.5 Å². The minimum atomic E-state index is -0.651. The van der Waals surface area contributed by atoms with E-state index in [1.54, 1.807) is 18.2 Å². The predicted octanol–water partition coefficient (Wildman–Crippen LogP) is 4.94. The fourth-order valence-electron chi connectivity index (χ4n) is 3.19. The van der Waals surface area contributed by atoms with Gasteiger partial charge in [0.2, 0.25) is 6.29 Å². The van der Waals surface area contributed by atoms with Gasteiger partial charge < -0.3 is 20.1 Å². The van der Waals surface area contributed by atoms with Gasteiger partial charge in [0.05, 0.1) is 5.69 Å². The van der Waals surface area contributed by atoms with Crippen LogP contribution in [0.15, 0.2) is 48.5 Å². The van der Waals surface area contributed by atoms with Crippen LogP contribution in [0.3, 0.4) is 0 Å². The van der Waals surface area contributed by atoms with Crippen LogP contribution in [0.5, 0.6) is 11.5 Å². The van der Waals surface area contributed by atoms with E-state index in [1.165, 1.54) is 17.2 Å². The molecular weight excluding hydrogens is 418 g/mol. The Morgan fingerprint density at radius 3 is 2.53 bits per heavy atom. The van der Waals surface area contributed by atoms with E-state index in [-0.39, 0.29) is 0 Å². The molecule has 8 heteroatoms. The molecule has 3 rings (SSSR count). The smallest absolute Gasteiger partial charge is 0.329 e. The molecule has 30 heavy (non-hydrogen) atoms. The van der Waals surface area contributed by atoms with Gasteiger partial charge in [-0.15, -0.1) is 0 Å². The molecule has 162 valence electrons. The molecule has 0 bridgehead atoms. The van der Waals surface area contributed by atoms with Gasteiger partial charge in [-0.3, -0.25) is 0 Å². The zero-order valence-corrected chi connectivity index (χ0v) is 18.9. The lowest BCUT2D eigenvalue weighted by Gasteiger charge is -2.28. The Balaban J connectivity index is 1.67. The van der Waals surface area contributed by atoms with Gasteiger partial charge in [0.1, 0.15) is 11.5 Å². The normalized spacial score (nSPS) is 14.8. The summed E-state index contributed by atoms with van der Waals surface area (Å²) in [6, 6.07) is 14.6. The molecule has 2 N–H and O–H groups in total. The number of amides is 2. The molecule has 1 unspecified atom stereocenters. The average molecular weight is 448 g/mol. The van der Waals surface area contributed by atoms with E-state index in [4.69, 9.17) is 15.2 Å². The third-order valence-corrected chi connectivity index (χ3v) is 6.18. The van der Waals surface area contributed by atoms with E-state index in [2.05, 4.69) is 36.8 Å². The maximum absolute atomic E-state index is 11.4. The second kappa shape index (κ2) is 11.3. The molecule has 2 aromatic carbocycles. The number of benzene rings is 2. The van der Waals surface area contributed by atoms with Gasteiger partial charge in [0.25, 0.3) is 0 Å². The number of carbonyl (C=O) groups is 1. The first-order chi connectivity index (χ1) is 14.6. The molecule has 1 aliphatic heterocycles. The summed E-state index contributed by atoms with van der Waals surface area (Å²) in [6.07, 6.45) is 2.35. The van der Waals surface area contributed by atoms with E-state index in [0.29, 0.717) is 11.4 Å². The quantitative estimate of drug-likeness (QED) is 0.421. The first-order valence-electron chi connectivity index (χ1n) is 10.2. The standard InChI is InChI=1S/C22H29N3O3S2/c1-2-3-7-21(28-20-6-4-5-18(16-20)25(29)22(23)26)27-19-10-8-17(9-11-19)24-12-14-30-15-13-24/h4-6,8-11,16,21,29H,2-3,7,12-15H2,1H3,(H2,23,26). The Kier molecular flexibility index (Phi) is 8.45. The highest BCUT2D eigenvalue weighted by Crippen LogP contribution is 2.27. The number of primary amides is 1. The SMILES string of the molecule is CCCCC(Oc1ccc(N2CCSCC2)cc1)Oc1cccc(N(S)C(N)=O)c1. The molecule has 1 fully saturated rings. The van der Waals surface area contributed by atoms with Crippen LogP contribution in [0.2, 0.25) is 0 Å². The zero-order valence-electron chi connectivity index (χ0n) is 17.2. The predicted molar refractivity (Wildman–Crippen MR) is 128 cm³/mol. The molecule has 1 aliphatic rings. The number of carbonyl (C=O) groups excluding carboxylic acids is 1. The van der Waals surface area contributed by atoms with Crippen molar-refractivity contribution in [3.63, 3.8) is 0 Å². The number of unbranched alkanes of at least 4 members (excludes halogenated alkanes) is 1. The van der Waals surface area contributed by atoms with Crippen LogP contribution in [-0.2, 0) is 0 Å². The molecule has 0 radical (unpaired) electrons. The topological polar surface area (TPSA) is 68.0 Å². The summed E-state index contributed by atoms with van der Waals surface area (Å²) >= 11 is 6.11. The first kappa shape index (κ1) is 22.5. The van der Waals surface area contributed by atoms with E-state index >= 15 is 0 Å². The number of thioether (sulfide) groups is 1. The highest BCUT2D eigenvalue weighted by molar-refractivity contribution is 7.99. The van der Waals surface area contributed by atoms with Crippen LogP contribution in [0.1, 0.15) is 26.2 Å². The van der Waals surface area contributed by atoms with Crippen LogP contribution in [-0.4, -0.2) is 36.9 Å². The number of thiol groups is 1. The molecule has 2 aromatic rings. The minimum absolute atomic E-state index is 0.431. The third-order valence-electron chi connectivity index (χ3n) is 4.81. The number of hydrogen-bond acceptors (Lipinski definition) is 6. The molecule has 6 nitrogen and oxygen atoms in total. The maximum Gasteiger partial charge on any atom is 0.329 e. The van der Waals surface area contributed by atoms with Crippen molar-refractivity contribution >= 4 is 42.0 Å². The fourth-order valence-corrected chi connectivity index (χ4v) is 4.22. The number of rotatable bonds is 9. The number of hydrogen-bond donors (Lipinski definition) is 2. The molecule has 0 aliphatic carbocycles. The van der Waals surface area contributed by atoms with Crippen molar-refractivity contribution in [1.82, 2.24) is 0 Å². The van der Waals surface area contributed by atoms with E-state index in [0.717, 1.165) is 42.4 Å². The highest BCUT2D eigenvalue weighted by atomic mass is 32.2. The van der Waals surface area contributed by atoms with Crippen LogP contribution in [0.4, 0.5) is 16.2 Å². The summed E-state index contributed by atoms with van der Waals surface area (Å²) in [4.78, 5) is 13.8. The second-order valence-corrected chi connectivity index (χ2v) is 8.67. The summed E-state index contributed by atoms with van der Waals surface area (Å²) in [5.74, 6) is 3.71. The first-order valence-corrected chi connectivity index (χ1v) is 11.8. The fraction of sp³-hybridized carbons (Fsp3) is 0.409. The minimum Gasteiger partial charge on any atom is -0.455 e. The van der Waals surface area contributed by atoms with Crippen molar-refractivity contribution in [1.29, 1.82) is 0 Å². The lowest BCUT2D eigenvalue weighted by atomic mass is 10.2. The highest BCUT2D eigenvalue weighted by Gasteiger charge is 2.16. The summed E-state index contributed by atoms with van der Waals surface area (Å²) in [6.45, 7) is 4.29. The largest absolute Gasteiger partial charge is 0.455 e. The van der Waals surface area contributed by atoms with E-state index in [9.17, 15) is 4.79 Å². The van der Waals surface area contributed by atoms with Gasteiger partial charge >= 0.3 is 6.03 Å². The lowest BCUT2D eigenvalue weighted by Crippen LogP contribution is -2.32. The second-order valence-electron chi connectivity index (χ2n) is 7.05. The Labute approximate surface area is 188 Å². The van der Waals surface area contributed by atoms with Gasteiger partial charge in [0, 0.05) is 42.8 Å². The van der Waals surface area contributed by atoms with Crippen LogP contribution >= 0.6 is 24.6 Å². The maximum atomic E-state index is 11.4. The van der Waals surface area contributed by atoms with E-state index in [1.807, 2.05) is 30.0 Å². The summed E-state index contributed by atoms with van der Waals surface area (Å²) in [7, 11) is 0. The van der Waals surface area contributed by atoms with Crippen molar-refractivity contribution in [3.8, 4) is 11.5 Å². The summed E-state index contributed by atoms with van der Waals surface area (Å²) in [5.41, 5.74) is 7.06. The van der Waals surface area contributed by atoms with Crippen molar-refractivity contribution < 1.29 is 14.3 Å². The number of anilines is 2. The Morgan fingerprint density at radius 2 is 1.87 bits per heavy atom. The van der Waals surface area contributed by atoms with Crippen molar-refractivity contribution in [2.45, 2.75) is 32.5 Å². The van der Waals surface area contributed by atoms with Gasteiger partial charge in [-0.05, 0) is 42.8 Å². The Hall–Kier alpha value is -2.19. The van der Waals surface area contributed by atoms with E-state index < -0.39 is 12.3 Å². The number of ether oxygens (including phenoxy) is 2. The molecule has 1 saturated heterocycles. The molecule has 2 amide bonds. The third kappa shape index (κ3) is 6.40. The van der Waals surface area contributed by atoms with Crippen LogP contribution in [0.25, 0.3) is 0 Å². The average Bonchev–Trinajstić information content (AvgIpc) is 2.78. The molecule has 1 heterocycles. The lowest BCUT2D eigenvalue weighted by molar-refractivity contribution is -0.00206. The summed E-state index contributed by atoms with van der Waals surface area (Å²) in [5, 5.41) is 0. The molecule has 0 spiro atoms. The van der Waals surface area contributed by atoms with Gasteiger partial charge in [-0.1, -0.05) is 32.2 Å². The number of nitrogens with two attached hydrogens (primary N) is 1. The number of urea groups is 1. The summed E-state index contributed by atoms with van der Waals surface area (Å²) < 4.78 is 13.3.